The van der Waals surface area contributed by atoms with Crippen molar-refractivity contribution in [1.82, 2.24) is 14.2 Å². The van der Waals surface area contributed by atoms with Crippen LogP contribution >= 0.6 is 0 Å². The highest BCUT2D eigenvalue weighted by molar-refractivity contribution is 7.89. The highest BCUT2D eigenvalue weighted by Crippen LogP contribution is 2.32. The molecule has 1 aliphatic heterocycles. The van der Waals surface area contributed by atoms with Crippen LogP contribution in [0.5, 0.6) is 5.75 Å². The van der Waals surface area contributed by atoms with Gasteiger partial charge in [0.2, 0.25) is 15.9 Å². The minimum atomic E-state index is -4.02. The van der Waals surface area contributed by atoms with Gasteiger partial charge in [0, 0.05) is 43.6 Å². The van der Waals surface area contributed by atoms with Crippen LogP contribution < -0.4 is 10.1 Å². The van der Waals surface area contributed by atoms with E-state index < -0.39 is 21.9 Å². The number of carbonyl (C=O) groups excluding carboxylic acids is 2. The molecule has 0 saturated carbocycles. The highest BCUT2D eigenvalue weighted by atomic mass is 32.2. The average Bonchev–Trinajstić information content (AvgIpc) is 3.07. The van der Waals surface area contributed by atoms with E-state index in [1.165, 1.54) is 4.31 Å². The Morgan fingerprint density at radius 1 is 1.18 bits per heavy atom. The van der Waals surface area contributed by atoms with Crippen LogP contribution in [-0.2, 0) is 33.1 Å². The van der Waals surface area contributed by atoms with Crippen molar-refractivity contribution in [2.24, 2.45) is 13.0 Å². The predicted octanol–water partition coefficient (Wildman–Crippen LogP) is 2.54. The van der Waals surface area contributed by atoms with Crippen molar-refractivity contribution in [3.63, 3.8) is 0 Å². The smallest absolute Gasteiger partial charge is 0.341 e. The molecule has 2 aromatic rings. The molecule has 0 spiro atoms. The van der Waals surface area contributed by atoms with Crippen molar-refractivity contribution in [1.29, 1.82) is 0 Å². The summed E-state index contributed by atoms with van der Waals surface area (Å²) in [4.78, 5) is 25.5. The number of ether oxygens (including phenoxy) is 2. The fourth-order valence-electron chi connectivity index (χ4n) is 4.36. The molecule has 1 aromatic carbocycles. The average molecular weight is 492 g/mol. The number of nitrogens with zero attached hydrogens (tertiary/aromatic N) is 2. The lowest BCUT2D eigenvalue weighted by Crippen LogP contribution is -2.45. The van der Waals surface area contributed by atoms with E-state index in [4.69, 9.17) is 9.47 Å². The van der Waals surface area contributed by atoms with E-state index >= 15 is 0 Å². The van der Waals surface area contributed by atoms with Gasteiger partial charge < -0.3 is 19.4 Å². The standard InChI is InChI=1S/C24H33N3O6S/c1-6-33-24(29)21-16(2)26(4)17(3)22(21)34(30,31)27-13-9-11-19(15-27)23(28)25-14-18-10-7-8-12-20(18)32-5/h7-8,10,12,19H,6,9,11,13-15H2,1-5H3,(H,25,28)/t19-/m0/s1. The molecule has 1 aliphatic rings. The maximum atomic E-state index is 13.7. The first-order valence-corrected chi connectivity index (χ1v) is 12.8. The van der Waals surface area contributed by atoms with Crippen LogP contribution in [0.25, 0.3) is 0 Å². The Labute approximate surface area is 201 Å². The zero-order valence-corrected chi connectivity index (χ0v) is 21.2. The second-order valence-corrected chi connectivity index (χ2v) is 10.3. The highest BCUT2D eigenvalue weighted by Gasteiger charge is 2.39. The monoisotopic (exact) mass is 491 g/mol. The van der Waals surface area contributed by atoms with Gasteiger partial charge in [-0.25, -0.2) is 13.2 Å². The van der Waals surface area contributed by atoms with Crippen LogP contribution in [0.3, 0.4) is 0 Å². The molecular formula is C24H33N3O6S. The molecule has 3 rings (SSSR count). The normalized spacial score (nSPS) is 16.8. The van der Waals surface area contributed by atoms with E-state index in [1.54, 1.807) is 39.5 Å². The summed E-state index contributed by atoms with van der Waals surface area (Å²) in [5, 5.41) is 2.91. The molecule has 0 radical (unpaired) electrons. The summed E-state index contributed by atoms with van der Waals surface area (Å²) in [5.41, 5.74) is 1.89. The number of carbonyl (C=O) groups is 2. The Morgan fingerprint density at radius 2 is 1.88 bits per heavy atom. The van der Waals surface area contributed by atoms with Gasteiger partial charge >= 0.3 is 5.97 Å². The summed E-state index contributed by atoms with van der Waals surface area (Å²) in [6, 6.07) is 7.41. The van der Waals surface area contributed by atoms with Gasteiger partial charge in [0.25, 0.3) is 0 Å². The van der Waals surface area contributed by atoms with E-state index in [9.17, 15) is 18.0 Å². The zero-order valence-electron chi connectivity index (χ0n) is 20.4. The Hall–Kier alpha value is -2.85. The third-order valence-electron chi connectivity index (χ3n) is 6.40. The van der Waals surface area contributed by atoms with Crippen LogP contribution in [0.15, 0.2) is 29.2 Å². The number of para-hydroxylation sites is 1. The minimum absolute atomic E-state index is 0.0407. The molecule has 1 fully saturated rings. The Kier molecular flexibility index (Phi) is 8.04. The lowest BCUT2D eigenvalue weighted by atomic mass is 9.98. The van der Waals surface area contributed by atoms with Crippen LogP contribution in [0.2, 0.25) is 0 Å². The first-order valence-electron chi connectivity index (χ1n) is 11.4. The fraction of sp³-hybridized carbons (Fsp3) is 0.500. The molecule has 1 amide bonds. The number of aromatic nitrogens is 1. The largest absolute Gasteiger partial charge is 0.496 e. The molecule has 9 nitrogen and oxygen atoms in total. The minimum Gasteiger partial charge on any atom is -0.496 e. The number of benzene rings is 1. The van der Waals surface area contributed by atoms with Gasteiger partial charge in [-0.15, -0.1) is 0 Å². The summed E-state index contributed by atoms with van der Waals surface area (Å²) in [6.07, 6.45) is 1.13. The van der Waals surface area contributed by atoms with E-state index in [1.807, 2.05) is 24.3 Å². The van der Waals surface area contributed by atoms with Crippen molar-refractivity contribution in [3.8, 4) is 5.75 Å². The number of hydrogen-bond donors (Lipinski definition) is 1. The van der Waals surface area contributed by atoms with Crippen LogP contribution in [0, 0.1) is 19.8 Å². The fourth-order valence-corrected chi connectivity index (χ4v) is 6.36. The van der Waals surface area contributed by atoms with Gasteiger partial charge in [-0.05, 0) is 39.7 Å². The number of sulfonamides is 1. The van der Waals surface area contributed by atoms with Crippen molar-refractivity contribution in [2.45, 2.75) is 45.1 Å². The maximum Gasteiger partial charge on any atom is 0.341 e. The second-order valence-electron chi connectivity index (χ2n) is 8.39. The van der Waals surface area contributed by atoms with Crippen molar-refractivity contribution < 1.29 is 27.5 Å². The third kappa shape index (κ3) is 4.97. The first-order chi connectivity index (χ1) is 16.1. The number of methoxy groups -OCH3 is 1. The Balaban J connectivity index is 1.81. The molecule has 0 unspecified atom stereocenters. The molecule has 186 valence electrons. The lowest BCUT2D eigenvalue weighted by molar-refractivity contribution is -0.126. The van der Waals surface area contributed by atoms with Gasteiger partial charge in [0.1, 0.15) is 16.2 Å². The van der Waals surface area contributed by atoms with E-state index in [0.717, 1.165) is 5.56 Å². The maximum absolute atomic E-state index is 13.7. The van der Waals surface area contributed by atoms with Gasteiger partial charge in [0.05, 0.1) is 19.6 Å². The van der Waals surface area contributed by atoms with E-state index in [2.05, 4.69) is 5.32 Å². The Bertz CT molecular complexity index is 1170. The summed E-state index contributed by atoms with van der Waals surface area (Å²) in [7, 11) is -0.730. The Morgan fingerprint density at radius 3 is 2.56 bits per heavy atom. The molecule has 1 saturated heterocycles. The summed E-state index contributed by atoms with van der Waals surface area (Å²) >= 11 is 0. The quantitative estimate of drug-likeness (QED) is 0.569. The summed E-state index contributed by atoms with van der Waals surface area (Å²) in [5.74, 6) is -0.686. The molecule has 0 bridgehead atoms. The first kappa shape index (κ1) is 25.8. The molecular weight excluding hydrogens is 458 g/mol. The van der Waals surface area contributed by atoms with E-state index in [0.29, 0.717) is 30.0 Å². The lowest BCUT2D eigenvalue weighted by Gasteiger charge is -2.31. The summed E-state index contributed by atoms with van der Waals surface area (Å²) < 4.78 is 40.8. The van der Waals surface area contributed by atoms with Gasteiger partial charge in [0.15, 0.2) is 0 Å². The van der Waals surface area contributed by atoms with Crippen molar-refractivity contribution in [2.75, 3.05) is 26.8 Å². The number of hydrogen-bond acceptors (Lipinski definition) is 6. The van der Waals surface area contributed by atoms with Crippen molar-refractivity contribution >= 4 is 21.9 Å². The van der Waals surface area contributed by atoms with Gasteiger partial charge in [-0.1, -0.05) is 18.2 Å². The second kappa shape index (κ2) is 10.6. The van der Waals surface area contributed by atoms with Gasteiger partial charge in [-0.3, -0.25) is 4.79 Å². The number of amides is 1. The van der Waals surface area contributed by atoms with Crippen molar-refractivity contribution in [3.05, 3.63) is 46.8 Å². The topological polar surface area (TPSA) is 107 Å². The number of rotatable bonds is 8. The molecule has 10 heteroatoms. The SMILES string of the molecule is CCOC(=O)c1c(S(=O)(=O)N2CCC[C@H](C(=O)NCc3ccccc3OC)C2)c(C)n(C)c1C. The number of nitrogens with one attached hydrogen (secondary N) is 1. The summed E-state index contributed by atoms with van der Waals surface area (Å²) in [6.45, 7) is 5.81. The molecule has 1 N–H and O–H groups in total. The number of esters is 1. The molecule has 34 heavy (non-hydrogen) atoms. The zero-order chi connectivity index (χ0) is 25.0. The van der Waals surface area contributed by atoms with E-state index in [-0.39, 0.29) is 42.6 Å². The van der Waals surface area contributed by atoms with Crippen LogP contribution in [0.4, 0.5) is 0 Å². The predicted molar refractivity (Wildman–Crippen MR) is 127 cm³/mol. The molecule has 2 heterocycles. The third-order valence-corrected chi connectivity index (χ3v) is 8.43. The van der Waals surface area contributed by atoms with Gasteiger partial charge in [-0.2, -0.15) is 4.31 Å². The molecule has 0 aliphatic carbocycles. The molecule has 1 atom stereocenters. The molecule has 1 aromatic heterocycles. The number of piperidine rings is 1. The van der Waals surface area contributed by atoms with Crippen LogP contribution in [0.1, 0.15) is 47.1 Å². The van der Waals surface area contributed by atoms with Crippen LogP contribution in [-0.4, -0.2) is 56.0 Å².